The van der Waals surface area contributed by atoms with Crippen molar-refractivity contribution in [1.29, 1.82) is 0 Å². The summed E-state index contributed by atoms with van der Waals surface area (Å²) in [5.74, 6) is 1.20. The van der Waals surface area contributed by atoms with Gasteiger partial charge >= 0.3 is 0 Å². The lowest BCUT2D eigenvalue weighted by molar-refractivity contribution is -0.0913. The van der Waals surface area contributed by atoms with Gasteiger partial charge in [0.1, 0.15) is 11.9 Å². The van der Waals surface area contributed by atoms with Crippen LogP contribution in [0.15, 0.2) is 48.5 Å². The van der Waals surface area contributed by atoms with Gasteiger partial charge < -0.3 is 14.2 Å². The van der Waals surface area contributed by atoms with Crippen molar-refractivity contribution in [3.8, 4) is 5.75 Å². The van der Waals surface area contributed by atoms with E-state index in [-0.39, 0.29) is 16.9 Å². The van der Waals surface area contributed by atoms with Gasteiger partial charge in [0.2, 0.25) is 0 Å². The molecule has 0 amide bonds. The fourth-order valence-electron chi connectivity index (χ4n) is 8.85. The van der Waals surface area contributed by atoms with Crippen molar-refractivity contribution >= 4 is 21.7 Å². The molecule has 0 N–H and O–H groups in total. The molecule has 4 aromatic rings. The van der Waals surface area contributed by atoms with Crippen LogP contribution < -0.4 is 4.74 Å². The molecule has 8 rings (SSSR count). The van der Waals surface area contributed by atoms with E-state index in [4.69, 9.17) is 4.74 Å². The van der Waals surface area contributed by atoms with Crippen molar-refractivity contribution in [3.63, 3.8) is 0 Å². The maximum Gasteiger partial charge on any atom is 0.149 e. The van der Waals surface area contributed by atoms with Crippen LogP contribution in [-0.4, -0.2) is 29.1 Å². The quantitative estimate of drug-likeness (QED) is 0.339. The van der Waals surface area contributed by atoms with Gasteiger partial charge in [-0.2, -0.15) is 0 Å². The Bertz CT molecular complexity index is 1550. The van der Waals surface area contributed by atoms with Crippen LogP contribution in [0.3, 0.4) is 0 Å². The minimum absolute atomic E-state index is 0.0587. The van der Waals surface area contributed by atoms with Crippen LogP contribution in [0.4, 0.5) is 0 Å². The molecule has 0 radical (unpaired) electrons. The van der Waals surface area contributed by atoms with Crippen molar-refractivity contribution in [2.24, 2.45) is 5.41 Å². The van der Waals surface area contributed by atoms with Crippen molar-refractivity contribution < 1.29 is 4.74 Å². The molecule has 3 heterocycles. The van der Waals surface area contributed by atoms with E-state index in [1.54, 1.807) is 11.1 Å². The molecule has 0 saturated carbocycles. The second-order valence-electron chi connectivity index (χ2n) is 11.6. The fraction of sp³-hybridized carbons (Fsp3) is 0.419. The number of hydrogen-bond acceptors (Lipinski definition) is 2. The van der Waals surface area contributed by atoms with Crippen molar-refractivity contribution in [3.05, 3.63) is 76.5 Å². The van der Waals surface area contributed by atoms with E-state index in [0.717, 1.165) is 25.9 Å². The van der Waals surface area contributed by atoms with Gasteiger partial charge in [0.25, 0.3) is 0 Å². The van der Waals surface area contributed by atoms with Crippen LogP contribution in [0.1, 0.15) is 54.3 Å². The van der Waals surface area contributed by atoms with E-state index in [1.807, 2.05) is 0 Å². The minimum atomic E-state index is 0.0587. The summed E-state index contributed by atoms with van der Waals surface area (Å²) in [4.78, 5) is 2.66. The third kappa shape index (κ3) is 1.92. The highest BCUT2D eigenvalue weighted by Crippen LogP contribution is 2.71. The van der Waals surface area contributed by atoms with Gasteiger partial charge in [-0.1, -0.05) is 55.5 Å². The summed E-state index contributed by atoms with van der Waals surface area (Å²) in [6.45, 7) is 9.27. The number of likely N-dealkylation sites (N-methyl/N-ethyl adjacent to an activating group) is 1. The molecule has 1 aromatic heterocycles. The first-order chi connectivity index (χ1) is 16.5. The number of aryl methyl sites for hydroxylation is 2. The zero-order valence-electron chi connectivity index (χ0n) is 20.6. The maximum atomic E-state index is 7.18. The molecular weight excluding hydrogens is 416 g/mol. The summed E-state index contributed by atoms with van der Waals surface area (Å²) >= 11 is 0. The van der Waals surface area contributed by atoms with Gasteiger partial charge in [0.15, 0.2) is 0 Å². The number of rotatable bonds is 1. The van der Waals surface area contributed by atoms with Gasteiger partial charge in [-0.05, 0) is 68.8 Å². The molecule has 2 bridgehead atoms. The third-order valence-electron chi connectivity index (χ3n) is 10.3. The Morgan fingerprint density at radius 3 is 2.76 bits per heavy atom. The highest BCUT2D eigenvalue weighted by molar-refractivity contribution is 6.08. The number of ether oxygens (including phenoxy) is 1. The second-order valence-corrected chi connectivity index (χ2v) is 11.6. The van der Waals surface area contributed by atoms with E-state index in [1.165, 1.54) is 50.7 Å². The SMILES string of the molecule is CCn1c2c(c3ccc4ccccc4c31)C[C@@]1(C)[C@H]3Cc4ccc(C)c5c4[C@@]1(CCN3C)[C@H]2O5. The van der Waals surface area contributed by atoms with Crippen LogP contribution >= 0.6 is 0 Å². The van der Waals surface area contributed by atoms with Crippen LogP contribution in [0.5, 0.6) is 5.75 Å². The Morgan fingerprint density at radius 2 is 1.91 bits per heavy atom. The number of piperidine rings is 1. The second kappa shape index (κ2) is 6.07. The Balaban J connectivity index is 1.53. The van der Waals surface area contributed by atoms with E-state index >= 15 is 0 Å². The number of likely N-dealkylation sites (tertiary alicyclic amines) is 1. The molecule has 1 fully saturated rings. The van der Waals surface area contributed by atoms with Gasteiger partial charge in [0.05, 0.1) is 16.6 Å². The zero-order valence-corrected chi connectivity index (χ0v) is 20.6. The molecule has 3 heteroatoms. The van der Waals surface area contributed by atoms with Crippen LogP contribution in [0, 0.1) is 12.3 Å². The van der Waals surface area contributed by atoms with E-state index < -0.39 is 0 Å². The summed E-state index contributed by atoms with van der Waals surface area (Å²) in [5.41, 5.74) is 9.01. The number of aromatic nitrogens is 1. The van der Waals surface area contributed by atoms with E-state index in [2.05, 4.69) is 85.8 Å². The summed E-state index contributed by atoms with van der Waals surface area (Å²) in [7, 11) is 2.35. The van der Waals surface area contributed by atoms with Gasteiger partial charge in [-0.25, -0.2) is 0 Å². The largest absolute Gasteiger partial charge is 0.483 e. The predicted molar refractivity (Wildman–Crippen MR) is 138 cm³/mol. The average molecular weight is 449 g/mol. The summed E-state index contributed by atoms with van der Waals surface area (Å²) < 4.78 is 9.80. The van der Waals surface area contributed by atoms with E-state index in [9.17, 15) is 0 Å². The third-order valence-corrected chi connectivity index (χ3v) is 10.3. The molecule has 1 spiro atoms. The van der Waals surface area contributed by atoms with Gasteiger partial charge in [-0.3, -0.25) is 0 Å². The lowest BCUT2D eigenvalue weighted by Gasteiger charge is -2.64. The van der Waals surface area contributed by atoms with Gasteiger partial charge in [-0.15, -0.1) is 0 Å². The first kappa shape index (κ1) is 19.5. The monoisotopic (exact) mass is 448 g/mol. The molecule has 0 unspecified atom stereocenters. The van der Waals surface area contributed by atoms with Crippen LogP contribution in [0.2, 0.25) is 0 Å². The Morgan fingerprint density at radius 1 is 1.06 bits per heavy atom. The maximum absolute atomic E-state index is 7.18. The first-order valence-corrected chi connectivity index (χ1v) is 13.0. The average Bonchev–Trinajstić information content (AvgIpc) is 3.35. The van der Waals surface area contributed by atoms with E-state index in [0.29, 0.717) is 6.04 Å². The lowest BCUT2D eigenvalue weighted by Crippen LogP contribution is -2.68. The highest BCUT2D eigenvalue weighted by Gasteiger charge is 2.70. The Kier molecular flexibility index (Phi) is 3.48. The van der Waals surface area contributed by atoms with Crippen molar-refractivity contribution in [2.75, 3.05) is 13.6 Å². The smallest absolute Gasteiger partial charge is 0.149 e. The molecular formula is C31H32N2O. The van der Waals surface area contributed by atoms with Gasteiger partial charge in [0, 0.05) is 34.3 Å². The number of fused-ring (bicyclic) bond motifs is 6. The highest BCUT2D eigenvalue weighted by atomic mass is 16.5. The first-order valence-electron chi connectivity index (χ1n) is 13.0. The molecule has 4 aliphatic rings. The normalized spacial score (nSPS) is 30.9. The predicted octanol–water partition coefficient (Wildman–Crippen LogP) is 6.32. The molecule has 4 atom stereocenters. The molecule has 3 aromatic carbocycles. The molecule has 34 heavy (non-hydrogen) atoms. The Labute approximate surface area is 201 Å². The van der Waals surface area contributed by atoms with Crippen LogP contribution in [-0.2, 0) is 24.8 Å². The molecule has 2 aliphatic heterocycles. The zero-order chi connectivity index (χ0) is 23.0. The van der Waals surface area contributed by atoms with Crippen LogP contribution in [0.25, 0.3) is 21.7 Å². The fourth-order valence-corrected chi connectivity index (χ4v) is 8.85. The lowest BCUT2D eigenvalue weighted by atomic mass is 9.44. The summed E-state index contributed by atoms with van der Waals surface area (Å²) in [6, 6.07) is 18.9. The van der Waals surface area contributed by atoms with Crippen molar-refractivity contribution in [2.45, 2.75) is 64.1 Å². The summed E-state index contributed by atoms with van der Waals surface area (Å²) in [5, 5.41) is 4.14. The topological polar surface area (TPSA) is 17.4 Å². The standard InChI is InChI=1S/C31H32N2O/c1-5-33-26-21-9-7-6-8-19(21)12-13-22(26)23-17-30(3)24-16-20-11-10-18(2)28-25(20)31(30,14-15-32(24)4)29(34-28)27(23)33/h6-13,24,29H,5,14-17H2,1-4H3/t24-,29+,30+,31+/m1/s1. The number of hydrogen-bond donors (Lipinski definition) is 0. The Hall–Kier alpha value is -2.78. The molecule has 3 nitrogen and oxygen atoms in total. The summed E-state index contributed by atoms with van der Waals surface area (Å²) in [6.07, 6.45) is 3.54. The molecule has 2 aliphatic carbocycles. The minimum Gasteiger partial charge on any atom is -0.483 e. The van der Waals surface area contributed by atoms with Crippen molar-refractivity contribution in [1.82, 2.24) is 9.47 Å². The molecule has 172 valence electrons. The number of nitrogens with zero attached hydrogens (tertiary/aromatic N) is 2. The molecule has 1 saturated heterocycles. The number of benzene rings is 3.